The van der Waals surface area contributed by atoms with Crippen LogP contribution in [-0.2, 0) is 0 Å². The monoisotopic (exact) mass is 500 g/mol. The zero-order valence-electron chi connectivity index (χ0n) is 21.9. The Balaban J connectivity index is 2.88. The van der Waals surface area contributed by atoms with Crippen LogP contribution in [0.25, 0.3) is 0 Å². The van der Waals surface area contributed by atoms with Crippen LogP contribution in [0.1, 0.15) is 131 Å². The molecule has 2 rings (SSSR count). The van der Waals surface area contributed by atoms with Gasteiger partial charge in [0, 0.05) is 0 Å². The summed E-state index contributed by atoms with van der Waals surface area (Å²) >= 11 is 0. The van der Waals surface area contributed by atoms with E-state index in [4.69, 9.17) is 0 Å². The van der Waals surface area contributed by atoms with Gasteiger partial charge in [0.05, 0.1) is 11.8 Å². The Morgan fingerprint density at radius 1 is 0.486 bits per heavy atom. The number of alkyl halides is 6. The molecule has 2 aromatic rings. The van der Waals surface area contributed by atoms with Crippen LogP contribution in [0.15, 0.2) is 36.4 Å². The van der Waals surface area contributed by atoms with Gasteiger partial charge >= 0.3 is 12.4 Å². The standard InChI is InChI=1S/C29H38F6/c1-16(2)20-11-9-12-21(17(3)4)26(20)24(28(30,31)32)15-25(29(33,34)35)27-22(18(5)6)13-10-14-23(27)19(7)8/h9-14,16-19,24-25H,15H2,1-8H3. The van der Waals surface area contributed by atoms with Crippen LogP contribution < -0.4 is 0 Å². The highest BCUT2D eigenvalue weighted by Gasteiger charge is 2.51. The molecule has 0 heterocycles. The molecule has 6 heteroatoms. The summed E-state index contributed by atoms with van der Waals surface area (Å²) in [5, 5.41) is 0. The minimum atomic E-state index is -4.83. The average molecular weight is 501 g/mol. The minimum absolute atomic E-state index is 0.00683. The number of halogens is 6. The Morgan fingerprint density at radius 2 is 0.714 bits per heavy atom. The predicted octanol–water partition coefficient (Wildman–Crippen LogP) is 10.6. The van der Waals surface area contributed by atoms with Crippen LogP contribution >= 0.6 is 0 Å². The van der Waals surface area contributed by atoms with Crippen LogP contribution in [0.5, 0.6) is 0 Å². The predicted molar refractivity (Wildman–Crippen MR) is 131 cm³/mol. The second-order valence-electron chi connectivity index (χ2n) is 10.7. The molecule has 0 radical (unpaired) electrons. The van der Waals surface area contributed by atoms with Crippen molar-refractivity contribution in [3.8, 4) is 0 Å². The molecule has 2 aromatic carbocycles. The zero-order valence-corrected chi connectivity index (χ0v) is 21.9. The van der Waals surface area contributed by atoms with Crippen molar-refractivity contribution < 1.29 is 26.3 Å². The van der Waals surface area contributed by atoms with E-state index in [1.165, 1.54) is 0 Å². The zero-order chi connectivity index (χ0) is 26.9. The molecule has 0 saturated carbocycles. The normalized spacial score (nSPS) is 14.9. The molecule has 0 spiro atoms. The van der Waals surface area contributed by atoms with Gasteiger partial charge in [0.25, 0.3) is 0 Å². The first-order chi connectivity index (χ1) is 16.0. The van der Waals surface area contributed by atoms with Gasteiger partial charge in [-0.15, -0.1) is 0 Å². The van der Waals surface area contributed by atoms with E-state index in [0.717, 1.165) is 0 Å². The maximum atomic E-state index is 14.7. The van der Waals surface area contributed by atoms with E-state index in [1.54, 1.807) is 91.8 Å². The molecule has 0 nitrogen and oxygen atoms in total. The maximum Gasteiger partial charge on any atom is 0.395 e. The molecule has 0 N–H and O–H groups in total. The Labute approximate surface area is 206 Å². The molecule has 0 aromatic heterocycles. The third kappa shape index (κ3) is 6.62. The van der Waals surface area contributed by atoms with E-state index in [2.05, 4.69) is 0 Å². The molecule has 0 aliphatic heterocycles. The molecule has 196 valence electrons. The molecule has 35 heavy (non-hydrogen) atoms. The van der Waals surface area contributed by atoms with Crippen LogP contribution in [0, 0.1) is 0 Å². The van der Waals surface area contributed by atoms with Crippen molar-refractivity contribution in [2.75, 3.05) is 0 Å². The Hall–Kier alpha value is -1.98. The average Bonchev–Trinajstić information content (AvgIpc) is 2.71. The number of benzene rings is 2. The van der Waals surface area contributed by atoms with Crippen molar-refractivity contribution in [3.63, 3.8) is 0 Å². The topological polar surface area (TPSA) is 0 Å². The Morgan fingerprint density at radius 3 is 0.886 bits per heavy atom. The van der Waals surface area contributed by atoms with Gasteiger partial charge in [-0.2, -0.15) is 26.3 Å². The lowest BCUT2D eigenvalue weighted by Crippen LogP contribution is -2.32. The molecular weight excluding hydrogens is 462 g/mol. The van der Waals surface area contributed by atoms with Crippen molar-refractivity contribution in [3.05, 3.63) is 69.8 Å². The highest BCUT2D eigenvalue weighted by atomic mass is 19.4. The summed E-state index contributed by atoms with van der Waals surface area (Å²) in [6.45, 7) is 14.2. The van der Waals surface area contributed by atoms with E-state index < -0.39 is 30.6 Å². The summed E-state index contributed by atoms with van der Waals surface area (Å²) in [4.78, 5) is 0. The number of hydrogen-bond donors (Lipinski definition) is 0. The summed E-state index contributed by atoms with van der Waals surface area (Å²) in [6.07, 6.45) is -10.7. The van der Waals surface area contributed by atoms with Gasteiger partial charge < -0.3 is 0 Å². The lowest BCUT2D eigenvalue weighted by molar-refractivity contribution is -0.179. The molecule has 0 saturated heterocycles. The molecule has 0 fully saturated rings. The summed E-state index contributed by atoms with van der Waals surface area (Å²) in [5.41, 5.74) is 1.85. The van der Waals surface area contributed by atoms with Gasteiger partial charge in [-0.3, -0.25) is 0 Å². The van der Waals surface area contributed by atoms with Crippen molar-refractivity contribution in [1.82, 2.24) is 0 Å². The minimum Gasteiger partial charge on any atom is -0.170 e. The smallest absolute Gasteiger partial charge is 0.170 e. The fraction of sp³-hybridized carbons (Fsp3) is 0.586. The maximum absolute atomic E-state index is 14.7. The van der Waals surface area contributed by atoms with Crippen LogP contribution in [0.2, 0.25) is 0 Å². The SMILES string of the molecule is CC(C)c1cccc(C(C)C)c1C(CC(c1c(C(C)C)cccc1C(C)C)C(F)(F)F)C(F)(F)F. The molecule has 2 atom stereocenters. The van der Waals surface area contributed by atoms with Crippen LogP contribution in [-0.4, -0.2) is 12.4 Å². The van der Waals surface area contributed by atoms with Crippen LogP contribution in [0.4, 0.5) is 26.3 Å². The third-order valence-corrected chi connectivity index (χ3v) is 6.79. The Bertz CT molecular complexity index is 848. The first kappa shape index (κ1) is 29.3. The molecular formula is C29H38F6. The third-order valence-electron chi connectivity index (χ3n) is 6.79. The summed E-state index contributed by atoms with van der Waals surface area (Å²) in [7, 11) is 0. The van der Waals surface area contributed by atoms with Gasteiger partial charge in [-0.1, -0.05) is 91.8 Å². The summed E-state index contributed by atoms with van der Waals surface area (Å²) < 4.78 is 88.2. The molecule has 0 aliphatic rings. The molecule has 0 bridgehead atoms. The fourth-order valence-corrected chi connectivity index (χ4v) is 5.09. The lowest BCUT2D eigenvalue weighted by Gasteiger charge is -2.34. The van der Waals surface area contributed by atoms with Crippen molar-refractivity contribution >= 4 is 0 Å². The molecule has 2 unspecified atom stereocenters. The fourth-order valence-electron chi connectivity index (χ4n) is 5.09. The quantitative estimate of drug-likeness (QED) is 0.316. The van der Waals surface area contributed by atoms with E-state index in [-0.39, 0.29) is 34.8 Å². The second-order valence-corrected chi connectivity index (χ2v) is 10.7. The van der Waals surface area contributed by atoms with E-state index in [0.29, 0.717) is 22.3 Å². The van der Waals surface area contributed by atoms with Crippen molar-refractivity contribution in [2.45, 2.75) is 110 Å². The summed E-state index contributed by atoms with van der Waals surface area (Å²) in [6, 6.07) is 9.88. The van der Waals surface area contributed by atoms with Crippen molar-refractivity contribution in [2.24, 2.45) is 0 Å². The Kier molecular flexibility index (Phi) is 9.16. The molecule has 0 amide bonds. The highest BCUT2D eigenvalue weighted by molar-refractivity contribution is 5.45. The van der Waals surface area contributed by atoms with Gasteiger partial charge in [0.15, 0.2) is 0 Å². The first-order valence-electron chi connectivity index (χ1n) is 12.4. The van der Waals surface area contributed by atoms with Gasteiger partial charge in [0.2, 0.25) is 0 Å². The van der Waals surface area contributed by atoms with Crippen molar-refractivity contribution in [1.29, 1.82) is 0 Å². The van der Waals surface area contributed by atoms with E-state index in [9.17, 15) is 26.3 Å². The number of hydrogen-bond acceptors (Lipinski definition) is 0. The van der Waals surface area contributed by atoms with Gasteiger partial charge in [-0.05, 0) is 63.5 Å². The highest BCUT2D eigenvalue weighted by Crippen LogP contribution is 2.52. The lowest BCUT2D eigenvalue weighted by atomic mass is 9.74. The number of rotatable bonds is 8. The largest absolute Gasteiger partial charge is 0.395 e. The van der Waals surface area contributed by atoms with E-state index >= 15 is 0 Å². The van der Waals surface area contributed by atoms with Gasteiger partial charge in [-0.25, -0.2) is 0 Å². The van der Waals surface area contributed by atoms with E-state index in [1.807, 2.05) is 0 Å². The molecule has 0 aliphatic carbocycles. The van der Waals surface area contributed by atoms with Crippen LogP contribution in [0.3, 0.4) is 0 Å². The second kappa shape index (κ2) is 11.0. The van der Waals surface area contributed by atoms with Gasteiger partial charge in [0.1, 0.15) is 0 Å². The first-order valence-corrected chi connectivity index (χ1v) is 12.4. The summed E-state index contributed by atoms with van der Waals surface area (Å²) in [5.74, 6) is -5.49.